The molecular formula is C22H22N4O2. The largest absolute Gasteiger partial charge is 0.324 e. The van der Waals surface area contributed by atoms with Crippen molar-refractivity contribution < 1.29 is 9.59 Å². The molecule has 0 saturated heterocycles. The predicted octanol–water partition coefficient (Wildman–Crippen LogP) is 4.60. The van der Waals surface area contributed by atoms with Crippen molar-refractivity contribution in [2.24, 2.45) is 0 Å². The first-order chi connectivity index (χ1) is 13.3. The van der Waals surface area contributed by atoms with Crippen molar-refractivity contribution in [3.8, 4) is 0 Å². The van der Waals surface area contributed by atoms with Crippen LogP contribution in [0.5, 0.6) is 0 Å². The summed E-state index contributed by atoms with van der Waals surface area (Å²) in [5, 5.41) is 5.97. The third-order valence-electron chi connectivity index (χ3n) is 4.25. The fraction of sp³-hybridized carbons (Fsp3) is 0.182. The van der Waals surface area contributed by atoms with Crippen LogP contribution < -0.4 is 10.6 Å². The Morgan fingerprint density at radius 1 is 0.929 bits per heavy atom. The average molecular weight is 374 g/mol. The van der Waals surface area contributed by atoms with Crippen LogP contribution in [0.4, 0.5) is 17.3 Å². The first-order valence-corrected chi connectivity index (χ1v) is 8.94. The maximum absolute atomic E-state index is 12.7. The molecule has 0 atom stereocenters. The number of hydrogen-bond acceptors (Lipinski definition) is 5. The second-order valence-electron chi connectivity index (χ2n) is 6.75. The molecule has 0 bridgehead atoms. The molecule has 3 rings (SSSR count). The normalized spacial score (nSPS) is 10.4. The zero-order chi connectivity index (χ0) is 20.3. The Balaban J connectivity index is 1.84. The van der Waals surface area contributed by atoms with E-state index in [0.717, 1.165) is 16.8 Å². The van der Waals surface area contributed by atoms with Crippen LogP contribution in [0.2, 0.25) is 0 Å². The van der Waals surface area contributed by atoms with Crippen molar-refractivity contribution in [3.63, 3.8) is 0 Å². The van der Waals surface area contributed by atoms with Gasteiger partial charge in [-0.05, 0) is 63.1 Å². The first kappa shape index (κ1) is 19.2. The van der Waals surface area contributed by atoms with E-state index in [2.05, 4.69) is 20.6 Å². The van der Waals surface area contributed by atoms with Crippen molar-refractivity contribution in [2.45, 2.75) is 27.7 Å². The van der Waals surface area contributed by atoms with Gasteiger partial charge in [0.1, 0.15) is 5.69 Å². The lowest BCUT2D eigenvalue weighted by atomic mass is 10.1. The molecule has 6 heteroatoms. The lowest BCUT2D eigenvalue weighted by Gasteiger charge is -2.11. The minimum Gasteiger partial charge on any atom is -0.324 e. The molecule has 142 valence electrons. The molecule has 0 unspecified atom stereocenters. The zero-order valence-corrected chi connectivity index (χ0v) is 16.3. The number of ketones is 1. The number of rotatable bonds is 5. The smallest absolute Gasteiger partial charge is 0.274 e. The van der Waals surface area contributed by atoms with Gasteiger partial charge in [-0.25, -0.2) is 9.97 Å². The molecular weight excluding hydrogens is 352 g/mol. The van der Waals surface area contributed by atoms with Gasteiger partial charge in [0.05, 0.1) is 0 Å². The third kappa shape index (κ3) is 4.59. The highest BCUT2D eigenvalue weighted by atomic mass is 16.2. The van der Waals surface area contributed by atoms with E-state index in [4.69, 9.17) is 0 Å². The summed E-state index contributed by atoms with van der Waals surface area (Å²) in [4.78, 5) is 32.9. The minimum atomic E-state index is -0.366. The van der Waals surface area contributed by atoms with Gasteiger partial charge in [-0.1, -0.05) is 24.3 Å². The van der Waals surface area contributed by atoms with E-state index < -0.39 is 0 Å². The topological polar surface area (TPSA) is 84.0 Å². The fourth-order valence-corrected chi connectivity index (χ4v) is 2.74. The second kappa shape index (κ2) is 8.00. The Morgan fingerprint density at radius 3 is 2.46 bits per heavy atom. The van der Waals surface area contributed by atoms with Gasteiger partial charge in [0.25, 0.3) is 5.91 Å². The van der Waals surface area contributed by atoms with Gasteiger partial charge in [0.2, 0.25) is 5.95 Å². The summed E-state index contributed by atoms with van der Waals surface area (Å²) in [6.07, 6.45) is 0. The standard InChI is InChI=1S/C22H22N4O2/c1-13-8-9-14(2)19(10-13)25-22-23-15(3)11-20(26-22)21(28)24-18-7-5-6-17(12-18)16(4)27/h5-12H,1-4H3,(H,24,28)(H,23,25,26). The molecule has 6 nitrogen and oxygen atoms in total. The highest BCUT2D eigenvalue weighted by Crippen LogP contribution is 2.20. The van der Waals surface area contributed by atoms with Gasteiger partial charge in [-0.3, -0.25) is 9.59 Å². The summed E-state index contributed by atoms with van der Waals surface area (Å²) < 4.78 is 0. The molecule has 0 spiro atoms. The monoisotopic (exact) mass is 374 g/mol. The summed E-state index contributed by atoms with van der Waals surface area (Å²) in [6, 6.07) is 14.5. The molecule has 0 fully saturated rings. The van der Waals surface area contributed by atoms with Crippen LogP contribution in [0, 0.1) is 20.8 Å². The van der Waals surface area contributed by atoms with Gasteiger partial charge in [-0.2, -0.15) is 0 Å². The van der Waals surface area contributed by atoms with E-state index in [0.29, 0.717) is 22.9 Å². The number of benzene rings is 2. The van der Waals surface area contributed by atoms with Gasteiger partial charge >= 0.3 is 0 Å². The van der Waals surface area contributed by atoms with E-state index in [1.807, 2.05) is 39.0 Å². The number of nitrogens with one attached hydrogen (secondary N) is 2. The number of carbonyl (C=O) groups excluding carboxylic acids is 2. The summed E-state index contributed by atoms with van der Waals surface area (Å²) in [5.74, 6) is -0.0689. The highest BCUT2D eigenvalue weighted by molar-refractivity contribution is 6.04. The summed E-state index contributed by atoms with van der Waals surface area (Å²) in [5.41, 5.74) is 5.06. The number of carbonyl (C=O) groups is 2. The van der Waals surface area contributed by atoms with Crippen LogP contribution in [0.1, 0.15) is 44.6 Å². The van der Waals surface area contributed by atoms with E-state index in [1.165, 1.54) is 6.92 Å². The highest BCUT2D eigenvalue weighted by Gasteiger charge is 2.12. The van der Waals surface area contributed by atoms with Gasteiger partial charge in [0, 0.05) is 22.6 Å². The van der Waals surface area contributed by atoms with Gasteiger partial charge < -0.3 is 10.6 Å². The van der Waals surface area contributed by atoms with Crippen LogP contribution in [-0.2, 0) is 0 Å². The van der Waals surface area contributed by atoms with Crippen LogP contribution >= 0.6 is 0 Å². The maximum atomic E-state index is 12.7. The number of aryl methyl sites for hydroxylation is 3. The van der Waals surface area contributed by atoms with Gasteiger partial charge in [0.15, 0.2) is 5.78 Å². The SMILES string of the molecule is CC(=O)c1cccc(NC(=O)c2cc(C)nc(Nc3cc(C)ccc3C)n2)c1. The first-order valence-electron chi connectivity index (χ1n) is 8.94. The van der Waals surface area contributed by atoms with Crippen molar-refractivity contribution >= 4 is 29.0 Å². The van der Waals surface area contributed by atoms with Gasteiger partial charge in [-0.15, -0.1) is 0 Å². The maximum Gasteiger partial charge on any atom is 0.274 e. The van der Waals surface area contributed by atoms with Crippen LogP contribution in [0.3, 0.4) is 0 Å². The molecule has 0 saturated carbocycles. The number of aromatic nitrogens is 2. The van der Waals surface area contributed by atoms with Crippen LogP contribution in [0.15, 0.2) is 48.5 Å². The van der Waals surface area contributed by atoms with Crippen molar-refractivity contribution in [1.29, 1.82) is 0 Å². The Morgan fingerprint density at radius 2 is 1.71 bits per heavy atom. The van der Waals surface area contributed by atoms with E-state index >= 15 is 0 Å². The second-order valence-corrected chi connectivity index (χ2v) is 6.75. The molecule has 2 aromatic carbocycles. The van der Waals surface area contributed by atoms with Crippen LogP contribution in [-0.4, -0.2) is 21.7 Å². The molecule has 0 aliphatic carbocycles. The Labute approximate surface area is 164 Å². The molecule has 0 aliphatic heterocycles. The molecule has 3 aromatic rings. The zero-order valence-electron chi connectivity index (χ0n) is 16.3. The summed E-state index contributed by atoms with van der Waals surface area (Å²) in [6.45, 7) is 7.30. The Kier molecular flexibility index (Phi) is 5.49. The number of nitrogens with zero attached hydrogens (tertiary/aromatic N) is 2. The lowest BCUT2D eigenvalue weighted by molar-refractivity contribution is 0.100. The van der Waals surface area contributed by atoms with E-state index in [9.17, 15) is 9.59 Å². The van der Waals surface area contributed by atoms with Crippen molar-refractivity contribution in [2.75, 3.05) is 10.6 Å². The van der Waals surface area contributed by atoms with Crippen LogP contribution in [0.25, 0.3) is 0 Å². The molecule has 1 amide bonds. The molecule has 28 heavy (non-hydrogen) atoms. The van der Waals surface area contributed by atoms with E-state index in [-0.39, 0.29) is 17.4 Å². The Hall–Kier alpha value is -3.54. The minimum absolute atomic E-state index is 0.0611. The average Bonchev–Trinajstić information content (AvgIpc) is 2.64. The number of hydrogen-bond donors (Lipinski definition) is 2. The van der Waals surface area contributed by atoms with Crippen molar-refractivity contribution in [3.05, 3.63) is 76.6 Å². The summed E-state index contributed by atoms with van der Waals surface area (Å²) in [7, 11) is 0. The lowest BCUT2D eigenvalue weighted by Crippen LogP contribution is -2.16. The third-order valence-corrected chi connectivity index (χ3v) is 4.25. The molecule has 1 heterocycles. The molecule has 1 aromatic heterocycles. The fourth-order valence-electron chi connectivity index (χ4n) is 2.74. The predicted molar refractivity (Wildman–Crippen MR) is 110 cm³/mol. The summed E-state index contributed by atoms with van der Waals surface area (Å²) >= 11 is 0. The quantitative estimate of drug-likeness (QED) is 0.638. The molecule has 0 radical (unpaired) electrons. The number of anilines is 3. The Bertz CT molecular complexity index is 1060. The van der Waals surface area contributed by atoms with E-state index in [1.54, 1.807) is 30.3 Å². The molecule has 0 aliphatic rings. The number of amides is 1. The van der Waals surface area contributed by atoms with Crippen molar-refractivity contribution in [1.82, 2.24) is 9.97 Å². The molecule has 2 N–H and O–H groups in total. The number of Topliss-reactive ketones (excluding diaryl/α,β-unsaturated/α-hetero) is 1.